The van der Waals surface area contributed by atoms with Crippen molar-refractivity contribution in [2.24, 2.45) is 5.92 Å². The smallest absolute Gasteiger partial charge is 0.310 e. The standard InChI is InChI=1S/C11H16BrN3O2/c1-3-17-11(16)7(2)5-14-9-4-8(12)6-15-10(9)13/h4,6-7,14H,3,5H2,1-2H3,(H2,13,15). The van der Waals surface area contributed by atoms with Gasteiger partial charge in [0.2, 0.25) is 0 Å². The van der Waals surface area contributed by atoms with E-state index in [9.17, 15) is 4.79 Å². The molecule has 1 aromatic rings. The molecule has 0 bridgehead atoms. The van der Waals surface area contributed by atoms with E-state index in [-0.39, 0.29) is 11.9 Å². The molecule has 0 aliphatic carbocycles. The SMILES string of the molecule is CCOC(=O)C(C)CNc1cc(Br)cnc1N. The maximum absolute atomic E-state index is 11.4. The largest absolute Gasteiger partial charge is 0.466 e. The van der Waals surface area contributed by atoms with Crippen LogP contribution in [-0.2, 0) is 9.53 Å². The van der Waals surface area contributed by atoms with E-state index in [1.807, 2.05) is 6.07 Å². The minimum atomic E-state index is -0.228. The quantitative estimate of drug-likeness (QED) is 0.814. The number of carbonyl (C=O) groups excluding carboxylic acids is 1. The molecular formula is C11H16BrN3O2. The van der Waals surface area contributed by atoms with Gasteiger partial charge in [-0.2, -0.15) is 0 Å². The van der Waals surface area contributed by atoms with Crippen LogP contribution in [0.1, 0.15) is 13.8 Å². The molecule has 0 saturated heterocycles. The zero-order valence-electron chi connectivity index (χ0n) is 9.87. The Morgan fingerprint density at radius 3 is 3.06 bits per heavy atom. The van der Waals surface area contributed by atoms with Crippen molar-refractivity contribution in [3.8, 4) is 0 Å². The normalized spacial score (nSPS) is 11.9. The van der Waals surface area contributed by atoms with Crippen LogP contribution in [0.3, 0.4) is 0 Å². The van der Waals surface area contributed by atoms with Gasteiger partial charge in [-0.25, -0.2) is 4.98 Å². The first kappa shape index (κ1) is 13.8. The van der Waals surface area contributed by atoms with Crippen molar-refractivity contribution in [1.29, 1.82) is 0 Å². The van der Waals surface area contributed by atoms with E-state index in [0.717, 1.165) is 4.47 Å². The highest BCUT2D eigenvalue weighted by molar-refractivity contribution is 9.10. The Kier molecular flexibility index (Phi) is 5.21. The fourth-order valence-corrected chi connectivity index (χ4v) is 1.55. The average molecular weight is 302 g/mol. The summed E-state index contributed by atoms with van der Waals surface area (Å²) in [6.07, 6.45) is 1.62. The van der Waals surface area contributed by atoms with Crippen LogP contribution >= 0.6 is 15.9 Å². The summed E-state index contributed by atoms with van der Waals surface area (Å²) < 4.78 is 5.74. The van der Waals surface area contributed by atoms with Gasteiger partial charge in [0.25, 0.3) is 0 Å². The third-order valence-electron chi connectivity index (χ3n) is 2.17. The van der Waals surface area contributed by atoms with Crippen LogP contribution in [0.15, 0.2) is 16.7 Å². The lowest BCUT2D eigenvalue weighted by atomic mass is 10.2. The van der Waals surface area contributed by atoms with Gasteiger partial charge in [0, 0.05) is 17.2 Å². The second-order valence-corrected chi connectivity index (χ2v) is 4.54. The number of rotatable bonds is 5. The van der Waals surface area contributed by atoms with Crippen LogP contribution in [0.4, 0.5) is 11.5 Å². The molecule has 0 fully saturated rings. The van der Waals surface area contributed by atoms with Crippen LogP contribution in [0.25, 0.3) is 0 Å². The number of esters is 1. The number of nitrogens with zero attached hydrogens (tertiary/aromatic N) is 1. The number of carbonyl (C=O) groups is 1. The van der Waals surface area contributed by atoms with E-state index in [1.165, 1.54) is 0 Å². The molecule has 1 atom stereocenters. The summed E-state index contributed by atoms with van der Waals surface area (Å²) in [5.74, 6) is -0.0425. The van der Waals surface area contributed by atoms with Gasteiger partial charge in [0.15, 0.2) is 0 Å². The summed E-state index contributed by atoms with van der Waals surface area (Å²) >= 11 is 3.31. The summed E-state index contributed by atoms with van der Waals surface area (Å²) in [5.41, 5.74) is 6.40. The summed E-state index contributed by atoms with van der Waals surface area (Å²) in [6.45, 7) is 4.44. The average Bonchev–Trinajstić information content (AvgIpc) is 2.30. The van der Waals surface area contributed by atoms with E-state index in [1.54, 1.807) is 20.0 Å². The molecule has 1 aromatic heterocycles. The molecule has 1 rings (SSSR count). The van der Waals surface area contributed by atoms with Crippen LogP contribution in [0.2, 0.25) is 0 Å². The van der Waals surface area contributed by atoms with E-state index >= 15 is 0 Å². The molecule has 0 saturated carbocycles. The van der Waals surface area contributed by atoms with Gasteiger partial charge in [0.05, 0.1) is 18.2 Å². The molecule has 17 heavy (non-hydrogen) atoms. The van der Waals surface area contributed by atoms with E-state index in [2.05, 4.69) is 26.2 Å². The highest BCUT2D eigenvalue weighted by atomic mass is 79.9. The molecule has 94 valence electrons. The molecule has 1 unspecified atom stereocenters. The highest BCUT2D eigenvalue weighted by Crippen LogP contribution is 2.20. The van der Waals surface area contributed by atoms with Crippen molar-refractivity contribution in [3.63, 3.8) is 0 Å². The van der Waals surface area contributed by atoms with Crippen LogP contribution in [-0.4, -0.2) is 24.1 Å². The van der Waals surface area contributed by atoms with Crippen LogP contribution < -0.4 is 11.1 Å². The molecule has 3 N–H and O–H groups in total. The van der Waals surface area contributed by atoms with Crippen LogP contribution in [0.5, 0.6) is 0 Å². The van der Waals surface area contributed by atoms with Gasteiger partial charge >= 0.3 is 5.97 Å². The molecule has 0 radical (unpaired) electrons. The second kappa shape index (κ2) is 6.44. The van der Waals surface area contributed by atoms with Crippen molar-refractivity contribution < 1.29 is 9.53 Å². The molecule has 1 heterocycles. The zero-order chi connectivity index (χ0) is 12.8. The number of hydrogen-bond donors (Lipinski definition) is 2. The number of anilines is 2. The minimum Gasteiger partial charge on any atom is -0.466 e. The van der Waals surface area contributed by atoms with E-state index in [4.69, 9.17) is 10.5 Å². The maximum atomic E-state index is 11.4. The van der Waals surface area contributed by atoms with Gasteiger partial charge in [-0.3, -0.25) is 4.79 Å². The third-order valence-corrected chi connectivity index (χ3v) is 2.61. The van der Waals surface area contributed by atoms with Crippen molar-refractivity contribution in [3.05, 3.63) is 16.7 Å². The molecule has 0 aromatic carbocycles. The maximum Gasteiger partial charge on any atom is 0.310 e. The van der Waals surface area contributed by atoms with Gasteiger partial charge in [-0.15, -0.1) is 0 Å². The van der Waals surface area contributed by atoms with Gasteiger partial charge < -0.3 is 15.8 Å². The van der Waals surface area contributed by atoms with Crippen molar-refractivity contribution >= 4 is 33.4 Å². The molecule has 0 amide bonds. The third kappa shape index (κ3) is 4.22. The molecule has 0 aliphatic heterocycles. The Bertz CT molecular complexity index is 398. The molecule has 0 aliphatic rings. The zero-order valence-corrected chi connectivity index (χ0v) is 11.5. The monoisotopic (exact) mass is 301 g/mol. The fourth-order valence-electron chi connectivity index (χ4n) is 1.22. The van der Waals surface area contributed by atoms with E-state index < -0.39 is 0 Å². The Morgan fingerprint density at radius 1 is 1.71 bits per heavy atom. The van der Waals surface area contributed by atoms with Crippen molar-refractivity contribution in [2.75, 3.05) is 24.2 Å². The number of nitrogens with one attached hydrogen (secondary N) is 1. The first-order chi connectivity index (χ1) is 8.04. The van der Waals surface area contributed by atoms with E-state index in [0.29, 0.717) is 24.7 Å². The lowest BCUT2D eigenvalue weighted by Crippen LogP contribution is -2.23. The molecule has 0 spiro atoms. The second-order valence-electron chi connectivity index (χ2n) is 3.62. The molecule has 5 nitrogen and oxygen atoms in total. The summed E-state index contributed by atoms with van der Waals surface area (Å²) in [7, 11) is 0. The summed E-state index contributed by atoms with van der Waals surface area (Å²) in [5, 5.41) is 3.07. The number of pyridine rings is 1. The first-order valence-electron chi connectivity index (χ1n) is 5.36. The van der Waals surface area contributed by atoms with Crippen molar-refractivity contribution in [2.45, 2.75) is 13.8 Å². The number of ether oxygens (including phenoxy) is 1. The predicted octanol–water partition coefficient (Wildman–Crippen LogP) is 2.04. The van der Waals surface area contributed by atoms with Gasteiger partial charge in [-0.05, 0) is 28.9 Å². The number of nitrogens with two attached hydrogens (primary N) is 1. The Hall–Kier alpha value is -1.30. The Morgan fingerprint density at radius 2 is 2.41 bits per heavy atom. The molecular weight excluding hydrogens is 286 g/mol. The molecule has 6 heteroatoms. The lowest BCUT2D eigenvalue weighted by Gasteiger charge is -2.13. The first-order valence-corrected chi connectivity index (χ1v) is 6.15. The number of nitrogen functional groups attached to an aromatic ring is 1. The fraction of sp³-hybridized carbons (Fsp3) is 0.455. The number of hydrogen-bond acceptors (Lipinski definition) is 5. The minimum absolute atomic E-state index is 0.221. The highest BCUT2D eigenvalue weighted by Gasteiger charge is 2.14. The lowest BCUT2D eigenvalue weighted by molar-refractivity contribution is -0.146. The number of aromatic nitrogens is 1. The van der Waals surface area contributed by atoms with Crippen molar-refractivity contribution in [1.82, 2.24) is 4.98 Å². The predicted molar refractivity (Wildman–Crippen MR) is 70.6 cm³/mol. The summed E-state index contributed by atoms with van der Waals surface area (Å²) in [4.78, 5) is 15.4. The Labute approximate surface area is 109 Å². The number of halogens is 1. The van der Waals surface area contributed by atoms with Gasteiger partial charge in [0.1, 0.15) is 5.82 Å². The Balaban J connectivity index is 2.55. The van der Waals surface area contributed by atoms with Crippen LogP contribution in [0, 0.1) is 5.92 Å². The summed E-state index contributed by atoms with van der Waals surface area (Å²) in [6, 6.07) is 1.82. The van der Waals surface area contributed by atoms with Gasteiger partial charge in [-0.1, -0.05) is 6.92 Å². The topological polar surface area (TPSA) is 77.2 Å².